The first-order valence-electron chi connectivity index (χ1n) is 2.99. The van der Waals surface area contributed by atoms with Crippen molar-refractivity contribution < 1.29 is 17.9 Å². The molecule has 1 rings (SSSR count). The molecule has 0 aromatic heterocycles. The third-order valence-electron chi connectivity index (χ3n) is 1.11. The monoisotopic (exact) mass is 196 g/mol. The molecule has 0 unspecified atom stereocenters. The Kier molecular flexibility index (Phi) is 2.81. The Morgan fingerprint density at radius 2 is 2.00 bits per heavy atom. The highest BCUT2D eigenvalue weighted by molar-refractivity contribution is 6.32. The quantitative estimate of drug-likeness (QED) is 0.706. The molecule has 5 heteroatoms. The van der Waals surface area contributed by atoms with Gasteiger partial charge in [0.15, 0.2) is 0 Å². The van der Waals surface area contributed by atoms with Gasteiger partial charge in [-0.1, -0.05) is 11.6 Å². The van der Waals surface area contributed by atoms with E-state index in [9.17, 15) is 13.2 Å². The maximum absolute atomic E-state index is 12.4. The highest BCUT2D eigenvalue weighted by Gasteiger charge is 2.08. The minimum Gasteiger partial charge on any atom is -0.433 e. The SMILES string of the molecule is Fc1ccc(Cl)c(OC(F)F)c1. The van der Waals surface area contributed by atoms with Gasteiger partial charge in [0.25, 0.3) is 0 Å². The van der Waals surface area contributed by atoms with Crippen LogP contribution < -0.4 is 4.74 Å². The third kappa shape index (κ3) is 2.30. The predicted molar refractivity (Wildman–Crippen MR) is 38.0 cm³/mol. The summed E-state index contributed by atoms with van der Waals surface area (Å²) in [4.78, 5) is 0. The highest BCUT2D eigenvalue weighted by atomic mass is 35.5. The van der Waals surface area contributed by atoms with Gasteiger partial charge < -0.3 is 4.74 Å². The van der Waals surface area contributed by atoms with Crippen LogP contribution in [0.3, 0.4) is 0 Å². The number of alkyl halides is 2. The Morgan fingerprint density at radius 3 is 2.58 bits per heavy atom. The van der Waals surface area contributed by atoms with Gasteiger partial charge in [-0.2, -0.15) is 8.78 Å². The standard InChI is InChI=1S/C7H4ClF3O/c8-5-2-1-4(9)3-6(5)12-7(10)11/h1-3,7H. The smallest absolute Gasteiger partial charge is 0.387 e. The molecule has 0 saturated heterocycles. The second-order valence-electron chi connectivity index (χ2n) is 1.95. The topological polar surface area (TPSA) is 9.23 Å². The van der Waals surface area contributed by atoms with Crippen LogP contribution in [0.4, 0.5) is 13.2 Å². The van der Waals surface area contributed by atoms with Crippen molar-refractivity contribution in [3.8, 4) is 5.75 Å². The zero-order chi connectivity index (χ0) is 9.14. The first-order valence-corrected chi connectivity index (χ1v) is 3.37. The summed E-state index contributed by atoms with van der Waals surface area (Å²) in [6, 6.07) is 3.00. The summed E-state index contributed by atoms with van der Waals surface area (Å²) in [6.45, 7) is -3.00. The fraction of sp³-hybridized carbons (Fsp3) is 0.143. The zero-order valence-electron chi connectivity index (χ0n) is 5.73. The molecule has 0 amide bonds. The Morgan fingerprint density at radius 1 is 1.33 bits per heavy atom. The molecule has 1 nitrogen and oxygen atoms in total. The molecule has 0 bridgehead atoms. The minimum absolute atomic E-state index is 0.0447. The van der Waals surface area contributed by atoms with Gasteiger partial charge in [0.05, 0.1) is 5.02 Å². The molecule has 66 valence electrons. The zero-order valence-corrected chi connectivity index (χ0v) is 6.49. The summed E-state index contributed by atoms with van der Waals surface area (Å²) in [5.41, 5.74) is 0. The summed E-state index contributed by atoms with van der Waals surface area (Å²) >= 11 is 5.42. The van der Waals surface area contributed by atoms with E-state index in [0.29, 0.717) is 0 Å². The maximum Gasteiger partial charge on any atom is 0.387 e. The van der Waals surface area contributed by atoms with Crippen molar-refractivity contribution >= 4 is 11.6 Å². The second-order valence-corrected chi connectivity index (χ2v) is 2.36. The van der Waals surface area contributed by atoms with E-state index < -0.39 is 12.4 Å². The molecular formula is C7H4ClF3O. The van der Waals surface area contributed by atoms with Crippen molar-refractivity contribution in [3.05, 3.63) is 29.0 Å². The molecule has 0 aliphatic heterocycles. The predicted octanol–water partition coefficient (Wildman–Crippen LogP) is 3.08. The van der Waals surface area contributed by atoms with Crippen LogP contribution >= 0.6 is 11.6 Å². The lowest BCUT2D eigenvalue weighted by Crippen LogP contribution is -2.02. The summed E-state index contributed by atoms with van der Waals surface area (Å²) in [6.07, 6.45) is 0. The van der Waals surface area contributed by atoms with Gasteiger partial charge >= 0.3 is 6.61 Å². The summed E-state index contributed by atoms with van der Waals surface area (Å²) in [5.74, 6) is -1.03. The minimum atomic E-state index is -3.00. The first kappa shape index (κ1) is 9.19. The molecule has 0 spiro atoms. The summed E-state index contributed by atoms with van der Waals surface area (Å²) in [5, 5.41) is -0.0447. The Bertz CT molecular complexity index is 277. The average molecular weight is 197 g/mol. The van der Waals surface area contributed by atoms with Crippen LogP contribution in [0.1, 0.15) is 0 Å². The van der Waals surface area contributed by atoms with Crippen LogP contribution in [0.2, 0.25) is 5.02 Å². The van der Waals surface area contributed by atoms with E-state index in [1.165, 1.54) is 0 Å². The van der Waals surface area contributed by atoms with Crippen LogP contribution in [0, 0.1) is 5.82 Å². The maximum atomic E-state index is 12.4. The molecule has 0 aliphatic carbocycles. The molecule has 0 atom stereocenters. The fourth-order valence-electron chi connectivity index (χ4n) is 0.663. The van der Waals surface area contributed by atoms with E-state index in [2.05, 4.69) is 4.74 Å². The lowest BCUT2D eigenvalue weighted by molar-refractivity contribution is -0.0499. The van der Waals surface area contributed by atoms with E-state index in [-0.39, 0.29) is 10.8 Å². The first-order chi connectivity index (χ1) is 5.59. The number of halogens is 4. The van der Waals surface area contributed by atoms with Gasteiger partial charge in [-0.25, -0.2) is 4.39 Å². The van der Waals surface area contributed by atoms with Crippen molar-refractivity contribution in [3.63, 3.8) is 0 Å². The van der Waals surface area contributed by atoms with Gasteiger partial charge in [-0.15, -0.1) is 0 Å². The number of hydrogen-bond acceptors (Lipinski definition) is 1. The molecule has 0 aliphatic rings. The molecular weight excluding hydrogens is 193 g/mol. The number of benzene rings is 1. The van der Waals surface area contributed by atoms with Gasteiger partial charge in [0, 0.05) is 6.07 Å². The van der Waals surface area contributed by atoms with Gasteiger partial charge in [0.1, 0.15) is 11.6 Å². The van der Waals surface area contributed by atoms with Gasteiger partial charge in [0.2, 0.25) is 0 Å². The molecule has 1 aromatic rings. The Hall–Kier alpha value is -0.900. The van der Waals surface area contributed by atoms with Crippen molar-refractivity contribution in [2.24, 2.45) is 0 Å². The number of ether oxygens (including phenoxy) is 1. The van der Waals surface area contributed by atoms with Gasteiger partial charge in [-0.05, 0) is 12.1 Å². The molecule has 0 saturated carbocycles. The molecule has 0 N–H and O–H groups in total. The lowest BCUT2D eigenvalue weighted by Gasteiger charge is -2.05. The van der Waals surface area contributed by atoms with Crippen molar-refractivity contribution in [1.82, 2.24) is 0 Å². The molecule has 1 aromatic carbocycles. The van der Waals surface area contributed by atoms with E-state index in [1.807, 2.05) is 0 Å². The van der Waals surface area contributed by atoms with Gasteiger partial charge in [-0.3, -0.25) is 0 Å². The average Bonchev–Trinajstić information content (AvgIpc) is 1.96. The summed E-state index contributed by atoms with van der Waals surface area (Å²) in [7, 11) is 0. The number of hydrogen-bond donors (Lipinski definition) is 0. The van der Waals surface area contributed by atoms with Crippen LogP contribution in [0.5, 0.6) is 5.75 Å². The summed E-state index contributed by atoms with van der Waals surface area (Å²) < 4.78 is 39.6. The Balaban J connectivity index is 2.90. The van der Waals surface area contributed by atoms with Crippen molar-refractivity contribution in [2.45, 2.75) is 6.61 Å². The van der Waals surface area contributed by atoms with Crippen LogP contribution in [-0.2, 0) is 0 Å². The molecule has 12 heavy (non-hydrogen) atoms. The molecule has 0 radical (unpaired) electrons. The highest BCUT2D eigenvalue weighted by Crippen LogP contribution is 2.26. The van der Waals surface area contributed by atoms with Crippen molar-refractivity contribution in [2.75, 3.05) is 0 Å². The molecule has 0 heterocycles. The normalized spacial score (nSPS) is 10.4. The van der Waals surface area contributed by atoms with E-state index in [1.54, 1.807) is 0 Å². The van der Waals surface area contributed by atoms with E-state index in [4.69, 9.17) is 11.6 Å². The largest absolute Gasteiger partial charge is 0.433 e. The van der Waals surface area contributed by atoms with E-state index >= 15 is 0 Å². The number of rotatable bonds is 2. The van der Waals surface area contributed by atoms with Crippen LogP contribution in [-0.4, -0.2) is 6.61 Å². The Labute approximate surface area is 71.7 Å². The third-order valence-corrected chi connectivity index (χ3v) is 1.42. The van der Waals surface area contributed by atoms with Crippen LogP contribution in [0.25, 0.3) is 0 Å². The van der Waals surface area contributed by atoms with Crippen LogP contribution in [0.15, 0.2) is 18.2 Å². The second kappa shape index (κ2) is 3.67. The molecule has 0 fully saturated rings. The fourth-order valence-corrected chi connectivity index (χ4v) is 0.826. The van der Waals surface area contributed by atoms with Crippen molar-refractivity contribution in [1.29, 1.82) is 0 Å². The lowest BCUT2D eigenvalue weighted by atomic mass is 10.3. The van der Waals surface area contributed by atoms with E-state index in [0.717, 1.165) is 18.2 Å².